The Labute approximate surface area is 81.0 Å². The first-order valence-corrected chi connectivity index (χ1v) is 4.62. The van der Waals surface area contributed by atoms with Gasteiger partial charge in [-0.3, -0.25) is 4.90 Å². The highest BCUT2D eigenvalue weighted by molar-refractivity contribution is 4.72. The number of alkyl halides is 3. The molecule has 1 saturated heterocycles. The Morgan fingerprint density at radius 2 is 2.14 bits per heavy atom. The predicted molar refractivity (Wildman–Crippen MR) is 45.9 cm³/mol. The van der Waals surface area contributed by atoms with Gasteiger partial charge in [0.05, 0.1) is 12.6 Å². The van der Waals surface area contributed by atoms with E-state index in [1.807, 2.05) is 0 Å². The standard InChI is InChI=1S/C8H15F3N2O/c9-8(10,11)6-13-2-1-3-14-7(4-12)5-13/h7H,1-6,12H2. The van der Waals surface area contributed by atoms with E-state index in [0.29, 0.717) is 19.6 Å². The molecule has 0 aliphatic carbocycles. The molecule has 0 aromatic heterocycles. The van der Waals surface area contributed by atoms with E-state index < -0.39 is 12.7 Å². The second-order valence-corrected chi connectivity index (χ2v) is 3.43. The highest BCUT2D eigenvalue weighted by atomic mass is 19.4. The average Bonchev–Trinajstić information content (AvgIpc) is 2.26. The van der Waals surface area contributed by atoms with Crippen molar-refractivity contribution in [1.29, 1.82) is 0 Å². The number of halogens is 3. The Bertz CT molecular complexity index is 174. The van der Waals surface area contributed by atoms with Gasteiger partial charge in [0.25, 0.3) is 0 Å². The summed E-state index contributed by atoms with van der Waals surface area (Å²) in [6.45, 7) is 0.601. The van der Waals surface area contributed by atoms with Crippen LogP contribution in [0.5, 0.6) is 0 Å². The minimum Gasteiger partial charge on any atom is -0.376 e. The van der Waals surface area contributed by atoms with Gasteiger partial charge in [-0.05, 0) is 6.42 Å². The van der Waals surface area contributed by atoms with Crippen molar-refractivity contribution in [2.24, 2.45) is 5.73 Å². The first-order chi connectivity index (χ1) is 6.51. The van der Waals surface area contributed by atoms with Crippen LogP contribution in [0.25, 0.3) is 0 Å². The summed E-state index contributed by atoms with van der Waals surface area (Å²) in [4.78, 5) is 1.35. The first-order valence-electron chi connectivity index (χ1n) is 4.62. The van der Waals surface area contributed by atoms with E-state index in [1.165, 1.54) is 4.90 Å². The van der Waals surface area contributed by atoms with Crippen molar-refractivity contribution in [2.75, 3.05) is 32.8 Å². The van der Waals surface area contributed by atoms with Crippen LogP contribution in [0.3, 0.4) is 0 Å². The summed E-state index contributed by atoms with van der Waals surface area (Å²) in [5.74, 6) is 0. The normalized spacial score (nSPS) is 26.1. The molecule has 84 valence electrons. The van der Waals surface area contributed by atoms with Crippen molar-refractivity contribution in [1.82, 2.24) is 4.90 Å². The maximum Gasteiger partial charge on any atom is 0.401 e. The molecule has 0 bridgehead atoms. The van der Waals surface area contributed by atoms with Crippen LogP contribution in [0.4, 0.5) is 13.2 Å². The van der Waals surface area contributed by atoms with Crippen LogP contribution in [0.1, 0.15) is 6.42 Å². The minimum atomic E-state index is -4.14. The molecule has 3 nitrogen and oxygen atoms in total. The van der Waals surface area contributed by atoms with Crippen molar-refractivity contribution in [3.63, 3.8) is 0 Å². The summed E-state index contributed by atoms with van der Waals surface area (Å²) in [5.41, 5.74) is 5.37. The van der Waals surface area contributed by atoms with E-state index in [9.17, 15) is 13.2 Å². The molecule has 1 unspecified atom stereocenters. The molecule has 0 amide bonds. The Hall–Kier alpha value is -0.330. The lowest BCUT2D eigenvalue weighted by atomic mass is 10.3. The van der Waals surface area contributed by atoms with E-state index >= 15 is 0 Å². The van der Waals surface area contributed by atoms with Crippen molar-refractivity contribution in [3.05, 3.63) is 0 Å². The van der Waals surface area contributed by atoms with Gasteiger partial charge in [0.2, 0.25) is 0 Å². The zero-order valence-corrected chi connectivity index (χ0v) is 7.89. The summed E-state index contributed by atoms with van der Waals surface area (Å²) in [6, 6.07) is 0. The molecule has 0 spiro atoms. The third-order valence-electron chi connectivity index (χ3n) is 2.10. The first kappa shape index (κ1) is 11.7. The van der Waals surface area contributed by atoms with Gasteiger partial charge in [0.1, 0.15) is 0 Å². The lowest BCUT2D eigenvalue weighted by molar-refractivity contribution is -0.147. The molecule has 1 fully saturated rings. The summed E-state index contributed by atoms with van der Waals surface area (Å²) >= 11 is 0. The molecule has 1 rings (SSSR count). The maximum absolute atomic E-state index is 12.1. The van der Waals surface area contributed by atoms with Gasteiger partial charge in [-0.1, -0.05) is 0 Å². The van der Waals surface area contributed by atoms with E-state index in [0.717, 1.165) is 0 Å². The summed E-state index contributed by atoms with van der Waals surface area (Å²) in [5, 5.41) is 0. The molecule has 0 radical (unpaired) electrons. The van der Waals surface area contributed by atoms with Crippen molar-refractivity contribution >= 4 is 0 Å². The van der Waals surface area contributed by atoms with Crippen molar-refractivity contribution in [2.45, 2.75) is 18.7 Å². The van der Waals surface area contributed by atoms with Crippen LogP contribution in [-0.4, -0.2) is 50.0 Å². The third kappa shape index (κ3) is 4.26. The Kier molecular flexibility index (Phi) is 4.15. The van der Waals surface area contributed by atoms with Crippen LogP contribution in [-0.2, 0) is 4.74 Å². The lowest BCUT2D eigenvalue weighted by Gasteiger charge is -2.23. The second kappa shape index (κ2) is 4.95. The largest absolute Gasteiger partial charge is 0.401 e. The maximum atomic E-state index is 12.1. The molecule has 0 saturated carbocycles. The van der Waals surface area contributed by atoms with Crippen LogP contribution < -0.4 is 5.73 Å². The Balaban J connectivity index is 2.43. The van der Waals surface area contributed by atoms with Crippen molar-refractivity contribution in [3.8, 4) is 0 Å². The summed E-state index contributed by atoms with van der Waals surface area (Å²) < 4.78 is 41.5. The Morgan fingerprint density at radius 1 is 1.43 bits per heavy atom. The van der Waals surface area contributed by atoms with Gasteiger partial charge in [-0.15, -0.1) is 0 Å². The van der Waals surface area contributed by atoms with E-state index in [-0.39, 0.29) is 19.2 Å². The molecular weight excluding hydrogens is 197 g/mol. The highest BCUT2D eigenvalue weighted by Crippen LogP contribution is 2.18. The summed E-state index contributed by atoms with van der Waals surface area (Å²) in [6.07, 6.45) is -3.77. The monoisotopic (exact) mass is 212 g/mol. The fraction of sp³-hybridized carbons (Fsp3) is 1.00. The molecule has 6 heteroatoms. The molecule has 2 N–H and O–H groups in total. The molecule has 1 atom stereocenters. The average molecular weight is 212 g/mol. The van der Waals surface area contributed by atoms with Crippen LogP contribution in [0, 0.1) is 0 Å². The topological polar surface area (TPSA) is 38.5 Å². The number of rotatable bonds is 2. The molecule has 0 aromatic carbocycles. The number of hydrogen-bond donors (Lipinski definition) is 1. The molecular formula is C8H15F3N2O. The number of ether oxygens (including phenoxy) is 1. The third-order valence-corrected chi connectivity index (χ3v) is 2.10. The van der Waals surface area contributed by atoms with Gasteiger partial charge in [0.15, 0.2) is 0 Å². The van der Waals surface area contributed by atoms with Gasteiger partial charge >= 0.3 is 6.18 Å². The molecule has 0 aromatic rings. The second-order valence-electron chi connectivity index (χ2n) is 3.43. The fourth-order valence-electron chi connectivity index (χ4n) is 1.51. The van der Waals surface area contributed by atoms with Gasteiger partial charge in [-0.2, -0.15) is 13.2 Å². The number of nitrogens with zero attached hydrogens (tertiary/aromatic N) is 1. The molecule has 14 heavy (non-hydrogen) atoms. The molecule has 1 aliphatic rings. The number of hydrogen-bond acceptors (Lipinski definition) is 3. The van der Waals surface area contributed by atoms with Gasteiger partial charge in [0, 0.05) is 26.2 Å². The Morgan fingerprint density at radius 3 is 2.71 bits per heavy atom. The van der Waals surface area contributed by atoms with Gasteiger partial charge < -0.3 is 10.5 Å². The van der Waals surface area contributed by atoms with Gasteiger partial charge in [-0.25, -0.2) is 0 Å². The highest BCUT2D eigenvalue weighted by Gasteiger charge is 2.32. The quantitative estimate of drug-likeness (QED) is 0.728. The van der Waals surface area contributed by atoms with Crippen molar-refractivity contribution < 1.29 is 17.9 Å². The smallest absolute Gasteiger partial charge is 0.376 e. The van der Waals surface area contributed by atoms with Crippen LogP contribution >= 0.6 is 0 Å². The number of nitrogens with two attached hydrogens (primary N) is 1. The van der Waals surface area contributed by atoms with E-state index in [1.54, 1.807) is 0 Å². The summed E-state index contributed by atoms with van der Waals surface area (Å²) in [7, 11) is 0. The predicted octanol–water partition coefficient (Wildman–Crippen LogP) is 0.598. The van der Waals surface area contributed by atoms with Crippen LogP contribution in [0.2, 0.25) is 0 Å². The van der Waals surface area contributed by atoms with E-state index in [4.69, 9.17) is 10.5 Å². The lowest BCUT2D eigenvalue weighted by Crippen LogP contribution is -2.40. The zero-order valence-electron chi connectivity index (χ0n) is 7.89. The molecule has 1 aliphatic heterocycles. The van der Waals surface area contributed by atoms with Crippen LogP contribution in [0.15, 0.2) is 0 Å². The molecule has 1 heterocycles. The fourth-order valence-corrected chi connectivity index (χ4v) is 1.51. The zero-order chi connectivity index (χ0) is 10.6. The minimum absolute atomic E-state index is 0.264. The SMILES string of the molecule is NCC1CN(CC(F)(F)F)CCCO1. The van der Waals surface area contributed by atoms with E-state index in [2.05, 4.69) is 0 Å².